The summed E-state index contributed by atoms with van der Waals surface area (Å²) in [6, 6.07) is 0. The fourth-order valence-electron chi connectivity index (χ4n) is 0.412. The van der Waals surface area contributed by atoms with E-state index in [0.29, 0.717) is 12.8 Å². The van der Waals surface area contributed by atoms with Gasteiger partial charge >= 0.3 is 0 Å². The summed E-state index contributed by atoms with van der Waals surface area (Å²) in [6.07, 6.45) is 7.19. The molecule has 1 N–H and O–H groups in total. The van der Waals surface area contributed by atoms with Crippen LogP contribution in [0.3, 0.4) is 0 Å². The molecule has 1 nitrogen and oxygen atoms in total. The van der Waals surface area contributed by atoms with E-state index >= 15 is 0 Å². The molecular weight excluding hydrogens is 100 g/mol. The Bertz CT molecular complexity index is 99.4. The summed E-state index contributed by atoms with van der Waals surface area (Å²) in [5.41, 5.74) is 0. The zero-order valence-corrected chi connectivity index (χ0v) is 4.80. The van der Waals surface area contributed by atoms with E-state index in [9.17, 15) is 0 Å². The second-order valence-corrected chi connectivity index (χ2v) is 1.59. The highest BCUT2D eigenvalue weighted by atomic mass is 16.3. The summed E-state index contributed by atoms with van der Waals surface area (Å²) in [5, 5.41) is 8.84. The van der Waals surface area contributed by atoms with Crippen LogP contribution in [-0.4, -0.2) is 11.2 Å². The first kappa shape index (κ1) is 7.26. The first-order valence-electron chi connectivity index (χ1n) is 2.53. The predicted octanol–water partition coefficient (Wildman–Crippen LogP) is 0.947. The summed E-state index contributed by atoms with van der Waals surface area (Å²) >= 11 is 0. The van der Waals surface area contributed by atoms with Crippen LogP contribution in [0.4, 0.5) is 0 Å². The minimum Gasteiger partial charge on any atom is -0.392 e. The second kappa shape index (κ2) is 4.42. The van der Waals surface area contributed by atoms with Crippen molar-refractivity contribution in [3.8, 4) is 12.3 Å². The van der Waals surface area contributed by atoms with Crippen molar-refractivity contribution in [1.29, 1.82) is 0 Å². The van der Waals surface area contributed by atoms with E-state index in [4.69, 9.17) is 11.5 Å². The smallest absolute Gasteiger partial charge is 0.0683 e. The van der Waals surface area contributed by atoms with Gasteiger partial charge in [-0.2, -0.15) is 0 Å². The van der Waals surface area contributed by atoms with Crippen LogP contribution in [0.5, 0.6) is 0 Å². The van der Waals surface area contributed by atoms with Gasteiger partial charge in [-0.05, 0) is 6.42 Å². The number of aliphatic hydroxyl groups is 1. The van der Waals surface area contributed by atoms with Gasteiger partial charge in [-0.1, -0.05) is 6.08 Å². The van der Waals surface area contributed by atoms with Gasteiger partial charge < -0.3 is 5.11 Å². The Balaban J connectivity index is 3.20. The molecule has 0 saturated carbocycles. The fraction of sp³-hybridized carbons (Fsp3) is 0.429. The number of hydrogen-bond donors (Lipinski definition) is 1. The molecule has 0 aliphatic carbocycles. The van der Waals surface area contributed by atoms with Crippen molar-refractivity contribution in [3.63, 3.8) is 0 Å². The highest BCUT2D eigenvalue weighted by Gasteiger charge is 1.95. The molecule has 0 rings (SSSR count). The van der Waals surface area contributed by atoms with Crippen molar-refractivity contribution in [1.82, 2.24) is 0 Å². The zero-order chi connectivity index (χ0) is 6.41. The summed E-state index contributed by atoms with van der Waals surface area (Å²) < 4.78 is 0. The van der Waals surface area contributed by atoms with Crippen LogP contribution in [0, 0.1) is 12.3 Å². The zero-order valence-electron chi connectivity index (χ0n) is 4.80. The molecule has 1 atom stereocenters. The molecule has 0 unspecified atom stereocenters. The van der Waals surface area contributed by atoms with Gasteiger partial charge in [0.15, 0.2) is 0 Å². The highest BCUT2D eigenvalue weighted by Crippen LogP contribution is 1.94. The van der Waals surface area contributed by atoms with Crippen molar-refractivity contribution < 1.29 is 5.11 Å². The molecule has 0 aromatic rings. The number of rotatable bonds is 3. The minimum atomic E-state index is -0.391. The Morgan fingerprint density at radius 1 is 1.88 bits per heavy atom. The Morgan fingerprint density at radius 2 is 2.50 bits per heavy atom. The third-order valence-electron chi connectivity index (χ3n) is 0.792. The average molecular weight is 110 g/mol. The molecule has 0 fully saturated rings. The summed E-state index contributed by atoms with van der Waals surface area (Å²) in [6.45, 7) is 3.45. The van der Waals surface area contributed by atoms with Crippen LogP contribution in [0.15, 0.2) is 12.7 Å². The lowest BCUT2D eigenvalue weighted by Crippen LogP contribution is -2.01. The minimum absolute atomic E-state index is 0.391. The molecule has 0 bridgehead atoms. The molecule has 0 aliphatic rings. The van der Waals surface area contributed by atoms with E-state index in [-0.39, 0.29) is 0 Å². The molecule has 0 aromatic heterocycles. The van der Waals surface area contributed by atoms with Crippen LogP contribution < -0.4 is 0 Å². The average Bonchev–Trinajstić information content (AvgIpc) is 1.68. The lowest BCUT2D eigenvalue weighted by Gasteiger charge is -1.99. The van der Waals surface area contributed by atoms with Crippen molar-refractivity contribution in [2.45, 2.75) is 18.9 Å². The summed E-state index contributed by atoms with van der Waals surface area (Å²) in [4.78, 5) is 0. The highest BCUT2D eigenvalue weighted by molar-refractivity contribution is 4.88. The molecular formula is C7H10O. The summed E-state index contributed by atoms with van der Waals surface area (Å²) in [5.74, 6) is 2.35. The van der Waals surface area contributed by atoms with Crippen molar-refractivity contribution in [2.24, 2.45) is 0 Å². The third kappa shape index (κ3) is 3.45. The Labute approximate surface area is 50.0 Å². The largest absolute Gasteiger partial charge is 0.392 e. The van der Waals surface area contributed by atoms with Gasteiger partial charge in [0.1, 0.15) is 0 Å². The third-order valence-corrected chi connectivity index (χ3v) is 0.792. The molecule has 0 saturated heterocycles. The first-order chi connectivity index (χ1) is 3.81. The topological polar surface area (TPSA) is 20.2 Å². The van der Waals surface area contributed by atoms with Crippen LogP contribution >= 0.6 is 0 Å². The van der Waals surface area contributed by atoms with Crippen LogP contribution in [0.1, 0.15) is 12.8 Å². The Hall–Kier alpha value is -0.740. The second-order valence-electron chi connectivity index (χ2n) is 1.59. The Morgan fingerprint density at radius 3 is 2.88 bits per heavy atom. The van der Waals surface area contributed by atoms with Crippen LogP contribution in [-0.2, 0) is 0 Å². The lowest BCUT2D eigenvalue weighted by molar-refractivity contribution is 0.184. The number of hydrogen-bond acceptors (Lipinski definition) is 1. The van der Waals surface area contributed by atoms with Crippen molar-refractivity contribution >= 4 is 0 Å². The number of terminal acetylenes is 1. The van der Waals surface area contributed by atoms with Crippen LogP contribution in [0.25, 0.3) is 0 Å². The molecule has 44 valence electrons. The Kier molecular flexibility index (Phi) is 4.01. The molecule has 1 heteroatoms. The van der Waals surface area contributed by atoms with Gasteiger partial charge in [0.2, 0.25) is 0 Å². The van der Waals surface area contributed by atoms with Crippen molar-refractivity contribution in [3.05, 3.63) is 12.7 Å². The van der Waals surface area contributed by atoms with Gasteiger partial charge in [-0.25, -0.2) is 0 Å². The van der Waals surface area contributed by atoms with Gasteiger partial charge in [-0.15, -0.1) is 18.9 Å². The monoisotopic (exact) mass is 110 g/mol. The SMILES string of the molecule is C#CC[C@@H](O)CC=C. The molecule has 0 radical (unpaired) electrons. The molecule has 0 aliphatic heterocycles. The molecule has 0 amide bonds. The maximum absolute atomic E-state index is 8.84. The van der Waals surface area contributed by atoms with E-state index in [1.807, 2.05) is 0 Å². The van der Waals surface area contributed by atoms with E-state index in [1.165, 1.54) is 0 Å². The quantitative estimate of drug-likeness (QED) is 0.423. The predicted molar refractivity (Wildman–Crippen MR) is 34.3 cm³/mol. The lowest BCUT2D eigenvalue weighted by atomic mass is 10.2. The van der Waals surface area contributed by atoms with E-state index in [1.54, 1.807) is 6.08 Å². The fourth-order valence-corrected chi connectivity index (χ4v) is 0.412. The molecule has 0 spiro atoms. The molecule has 8 heavy (non-hydrogen) atoms. The van der Waals surface area contributed by atoms with Gasteiger partial charge in [0.25, 0.3) is 0 Å². The maximum atomic E-state index is 8.84. The van der Waals surface area contributed by atoms with Gasteiger partial charge in [-0.3, -0.25) is 0 Å². The normalized spacial score (nSPS) is 12.0. The summed E-state index contributed by atoms with van der Waals surface area (Å²) in [7, 11) is 0. The standard InChI is InChI=1S/C7H10O/c1-3-5-7(8)6-4-2/h1,4,7-8H,2,5-6H2/t7-/m1/s1. The maximum Gasteiger partial charge on any atom is 0.0683 e. The molecule has 0 aromatic carbocycles. The molecule has 0 heterocycles. The van der Waals surface area contributed by atoms with Gasteiger partial charge in [0.05, 0.1) is 6.10 Å². The van der Waals surface area contributed by atoms with Gasteiger partial charge in [0, 0.05) is 6.42 Å². The van der Waals surface area contributed by atoms with Crippen molar-refractivity contribution in [2.75, 3.05) is 0 Å². The number of aliphatic hydroxyl groups excluding tert-OH is 1. The van der Waals surface area contributed by atoms with E-state index in [2.05, 4.69) is 12.5 Å². The van der Waals surface area contributed by atoms with E-state index < -0.39 is 6.10 Å². The van der Waals surface area contributed by atoms with E-state index in [0.717, 1.165) is 0 Å². The first-order valence-corrected chi connectivity index (χ1v) is 2.53. The van der Waals surface area contributed by atoms with Crippen LogP contribution in [0.2, 0.25) is 0 Å².